The summed E-state index contributed by atoms with van der Waals surface area (Å²) in [6.07, 6.45) is 17.3. The van der Waals surface area contributed by atoms with E-state index in [4.69, 9.17) is 0 Å². The van der Waals surface area contributed by atoms with Gasteiger partial charge in [0.2, 0.25) is 0 Å². The second-order valence-electron chi connectivity index (χ2n) is 6.16. The molecule has 0 amide bonds. The van der Waals surface area contributed by atoms with E-state index in [9.17, 15) is 4.79 Å². The summed E-state index contributed by atoms with van der Waals surface area (Å²) < 4.78 is 0. The van der Waals surface area contributed by atoms with E-state index >= 15 is 0 Å². The summed E-state index contributed by atoms with van der Waals surface area (Å²) in [6.45, 7) is 2.25. The molecular weight excluding hydrogens is 246 g/mol. The minimum absolute atomic E-state index is 0.396. The van der Waals surface area contributed by atoms with Crippen LogP contribution in [0.2, 0.25) is 0 Å². The molecule has 20 heavy (non-hydrogen) atoms. The Hall–Kier alpha value is -1.05. The molecule has 0 spiro atoms. The van der Waals surface area contributed by atoms with Crippen LogP contribution in [0, 0.1) is 0 Å². The van der Waals surface area contributed by atoms with Crippen LogP contribution in [0.5, 0.6) is 0 Å². The van der Waals surface area contributed by atoms with E-state index in [2.05, 4.69) is 24.4 Å². The fourth-order valence-electron chi connectivity index (χ4n) is 3.24. The molecule has 0 saturated heterocycles. The Morgan fingerprint density at radius 3 is 2.85 bits per heavy atom. The number of ketones is 1. The van der Waals surface area contributed by atoms with Gasteiger partial charge in [0.15, 0.2) is 5.78 Å². The van der Waals surface area contributed by atoms with Crippen LogP contribution in [-0.2, 0) is 4.79 Å². The predicted molar refractivity (Wildman–Crippen MR) is 84.6 cm³/mol. The largest absolute Gasteiger partial charge is 0.385 e. The van der Waals surface area contributed by atoms with Gasteiger partial charge < -0.3 is 5.32 Å². The van der Waals surface area contributed by atoms with Crippen LogP contribution in [0.4, 0.5) is 0 Å². The van der Waals surface area contributed by atoms with Crippen molar-refractivity contribution in [3.63, 3.8) is 0 Å². The van der Waals surface area contributed by atoms with Crippen LogP contribution in [0.1, 0.15) is 77.6 Å². The first-order valence-corrected chi connectivity index (χ1v) is 8.48. The third-order valence-electron chi connectivity index (χ3n) is 4.48. The molecule has 2 rings (SSSR count). The molecule has 0 unspecified atom stereocenters. The summed E-state index contributed by atoms with van der Waals surface area (Å²) in [5.41, 5.74) is 2.38. The first-order valence-electron chi connectivity index (χ1n) is 8.48. The summed E-state index contributed by atoms with van der Waals surface area (Å²) in [4.78, 5) is 11.8. The SMILES string of the molecule is CCCCCC=CCC[C@@H]1CCC2=C(CCCC2=O)N1. The number of Topliss-reactive ketones (excluding diaryl/α,β-unsaturated/α-hetero) is 1. The Morgan fingerprint density at radius 2 is 2.00 bits per heavy atom. The van der Waals surface area contributed by atoms with E-state index in [1.54, 1.807) is 0 Å². The number of hydrogen-bond donors (Lipinski definition) is 1. The molecule has 2 nitrogen and oxygen atoms in total. The van der Waals surface area contributed by atoms with Crippen LogP contribution < -0.4 is 5.32 Å². The molecule has 0 aromatic heterocycles. The number of unbranched alkanes of at least 4 members (excludes halogenated alkanes) is 3. The van der Waals surface area contributed by atoms with Crippen molar-refractivity contribution in [2.24, 2.45) is 0 Å². The molecule has 0 fully saturated rings. The molecule has 1 atom stereocenters. The summed E-state index contributed by atoms with van der Waals surface area (Å²) in [7, 11) is 0. The Morgan fingerprint density at radius 1 is 1.15 bits per heavy atom. The molecule has 0 radical (unpaired) electrons. The summed E-state index contributed by atoms with van der Waals surface area (Å²) in [5, 5.41) is 3.62. The number of carbonyl (C=O) groups excluding carboxylic acids is 1. The fraction of sp³-hybridized carbons (Fsp3) is 0.722. The molecule has 1 N–H and O–H groups in total. The van der Waals surface area contributed by atoms with Crippen LogP contribution in [0.15, 0.2) is 23.4 Å². The van der Waals surface area contributed by atoms with Gasteiger partial charge in [-0.05, 0) is 51.4 Å². The highest BCUT2D eigenvalue weighted by Gasteiger charge is 2.26. The van der Waals surface area contributed by atoms with Gasteiger partial charge in [0.1, 0.15) is 0 Å². The Bertz CT molecular complexity index is 381. The molecule has 2 heteroatoms. The van der Waals surface area contributed by atoms with E-state index in [1.807, 2.05) is 0 Å². The van der Waals surface area contributed by atoms with Gasteiger partial charge in [-0.1, -0.05) is 31.9 Å². The number of nitrogens with one attached hydrogen (secondary N) is 1. The number of carbonyl (C=O) groups is 1. The molecule has 0 aromatic carbocycles. The lowest BCUT2D eigenvalue weighted by Crippen LogP contribution is -2.36. The molecule has 1 aliphatic carbocycles. The van der Waals surface area contributed by atoms with Crippen molar-refractivity contribution in [2.45, 2.75) is 83.6 Å². The van der Waals surface area contributed by atoms with Gasteiger partial charge in [-0.25, -0.2) is 0 Å². The predicted octanol–water partition coefficient (Wildman–Crippen LogP) is 4.66. The Balaban J connectivity index is 1.67. The number of hydrogen-bond acceptors (Lipinski definition) is 2. The minimum atomic E-state index is 0.396. The van der Waals surface area contributed by atoms with Crippen molar-refractivity contribution in [1.82, 2.24) is 5.32 Å². The number of allylic oxidation sites excluding steroid dienone is 4. The molecule has 0 bridgehead atoms. The average molecular weight is 275 g/mol. The molecule has 1 aliphatic heterocycles. The third-order valence-corrected chi connectivity index (χ3v) is 4.48. The minimum Gasteiger partial charge on any atom is -0.385 e. The van der Waals surface area contributed by atoms with Crippen molar-refractivity contribution in [3.8, 4) is 0 Å². The third kappa shape index (κ3) is 4.50. The van der Waals surface area contributed by atoms with Crippen LogP contribution in [0.3, 0.4) is 0 Å². The van der Waals surface area contributed by atoms with Crippen molar-refractivity contribution in [1.29, 1.82) is 0 Å². The molecule has 1 heterocycles. The summed E-state index contributed by atoms with van der Waals surface area (Å²) in [6, 6.07) is 0.583. The molecule has 0 aromatic rings. The number of rotatable bonds is 7. The zero-order valence-electron chi connectivity index (χ0n) is 12.9. The van der Waals surface area contributed by atoms with E-state index in [0.29, 0.717) is 11.8 Å². The monoisotopic (exact) mass is 275 g/mol. The summed E-state index contributed by atoms with van der Waals surface area (Å²) >= 11 is 0. The smallest absolute Gasteiger partial charge is 0.160 e. The normalized spacial score (nSPS) is 23.1. The van der Waals surface area contributed by atoms with Crippen molar-refractivity contribution >= 4 is 5.78 Å². The van der Waals surface area contributed by atoms with Crippen molar-refractivity contribution in [3.05, 3.63) is 23.4 Å². The highest BCUT2D eigenvalue weighted by molar-refractivity contribution is 5.96. The van der Waals surface area contributed by atoms with Crippen molar-refractivity contribution in [2.75, 3.05) is 0 Å². The van der Waals surface area contributed by atoms with Gasteiger partial charge in [-0.2, -0.15) is 0 Å². The lowest BCUT2D eigenvalue weighted by Gasteiger charge is -2.31. The standard InChI is InChI=1S/C18H29NO/c1-2-3-4-5-6-7-8-10-15-13-14-16-17(19-15)11-9-12-18(16)20/h6-7,15,19H,2-5,8-14H2,1H3/t15-/m1/s1. The average Bonchev–Trinajstić information content (AvgIpc) is 2.46. The fourth-order valence-corrected chi connectivity index (χ4v) is 3.24. The highest BCUT2D eigenvalue weighted by atomic mass is 16.1. The van der Waals surface area contributed by atoms with Gasteiger partial charge in [-0.15, -0.1) is 0 Å². The highest BCUT2D eigenvalue weighted by Crippen LogP contribution is 2.29. The molecule has 112 valence electrons. The van der Waals surface area contributed by atoms with Crippen LogP contribution >= 0.6 is 0 Å². The maximum Gasteiger partial charge on any atom is 0.160 e. The van der Waals surface area contributed by atoms with Gasteiger partial charge in [0, 0.05) is 23.7 Å². The van der Waals surface area contributed by atoms with Crippen molar-refractivity contribution < 1.29 is 4.79 Å². The zero-order chi connectivity index (χ0) is 14.2. The maximum atomic E-state index is 11.8. The lowest BCUT2D eigenvalue weighted by molar-refractivity contribution is -0.116. The van der Waals surface area contributed by atoms with Crippen LogP contribution in [0.25, 0.3) is 0 Å². The first-order chi connectivity index (χ1) is 9.81. The van der Waals surface area contributed by atoms with Gasteiger partial charge in [0.25, 0.3) is 0 Å². The van der Waals surface area contributed by atoms with Gasteiger partial charge in [0.05, 0.1) is 0 Å². The van der Waals surface area contributed by atoms with Gasteiger partial charge in [-0.3, -0.25) is 4.79 Å². The topological polar surface area (TPSA) is 29.1 Å². The molecule has 0 saturated carbocycles. The lowest BCUT2D eigenvalue weighted by atomic mass is 9.86. The van der Waals surface area contributed by atoms with Crippen LogP contribution in [-0.4, -0.2) is 11.8 Å². The van der Waals surface area contributed by atoms with Gasteiger partial charge >= 0.3 is 0 Å². The van der Waals surface area contributed by atoms with E-state index in [1.165, 1.54) is 44.2 Å². The van der Waals surface area contributed by atoms with E-state index in [0.717, 1.165) is 37.7 Å². The Kier molecular flexibility index (Phi) is 6.35. The summed E-state index contributed by atoms with van der Waals surface area (Å²) in [5.74, 6) is 0.396. The second-order valence-corrected chi connectivity index (χ2v) is 6.16. The van der Waals surface area contributed by atoms with E-state index < -0.39 is 0 Å². The first kappa shape index (κ1) is 15.3. The second kappa shape index (κ2) is 8.28. The molecule has 2 aliphatic rings. The quantitative estimate of drug-likeness (QED) is 0.540. The maximum absolute atomic E-state index is 11.8. The zero-order valence-corrected chi connectivity index (χ0v) is 12.9. The molecular formula is C18H29NO. The van der Waals surface area contributed by atoms with E-state index in [-0.39, 0.29) is 0 Å². The Labute approximate surface area is 123 Å².